The standard InChI is InChI=1S/C10H20N4/c1-13(2)9-4-3-7-14(8-9)10-11-5-6-12-10/h9H,3-8H2,1-2H3,(H,11,12). The van der Waals surface area contributed by atoms with Crippen LogP contribution in [0.15, 0.2) is 4.99 Å². The summed E-state index contributed by atoms with van der Waals surface area (Å²) in [5.74, 6) is 1.12. The van der Waals surface area contributed by atoms with Crippen LogP contribution in [0.3, 0.4) is 0 Å². The molecule has 0 saturated carbocycles. The summed E-state index contributed by atoms with van der Waals surface area (Å²) in [4.78, 5) is 9.18. The van der Waals surface area contributed by atoms with Gasteiger partial charge in [0.2, 0.25) is 0 Å². The molecule has 0 aromatic heterocycles. The summed E-state index contributed by atoms with van der Waals surface area (Å²) < 4.78 is 0. The maximum Gasteiger partial charge on any atom is 0.194 e. The molecule has 0 aliphatic carbocycles. The summed E-state index contributed by atoms with van der Waals surface area (Å²) >= 11 is 0. The number of aliphatic imine (C=N–C) groups is 1. The van der Waals surface area contributed by atoms with Gasteiger partial charge in [-0.1, -0.05) is 0 Å². The molecule has 0 radical (unpaired) electrons. The van der Waals surface area contributed by atoms with Crippen molar-refractivity contribution in [1.82, 2.24) is 15.1 Å². The Kier molecular flexibility index (Phi) is 2.91. The molecule has 2 rings (SSSR count). The predicted octanol–water partition coefficient (Wildman–Crippen LogP) is -0.0284. The average Bonchev–Trinajstić information content (AvgIpc) is 2.71. The van der Waals surface area contributed by atoms with Gasteiger partial charge >= 0.3 is 0 Å². The zero-order valence-electron chi connectivity index (χ0n) is 9.16. The minimum Gasteiger partial charge on any atom is -0.354 e. The van der Waals surface area contributed by atoms with Gasteiger partial charge in [-0.05, 0) is 26.9 Å². The van der Waals surface area contributed by atoms with Crippen LogP contribution in [0.5, 0.6) is 0 Å². The second-order valence-corrected chi connectivity index (χ2v) is 4.34. The van der Waals surface area contributed by atoms with Crippen molar-refractivity contribution in [2.45, 2.75) is 18.9 Å². The van der Waals surface area contributed by atoms with Gasteiger partial charge in [-0.15, -0.1) is 0 Å². The molecular formula is C10H20N4. The monoisotopic (exact) mass is 196 g/mol. The van der Waals surface area contributed by atoms with Gasteiger partial charge in [0, 0.05) is 25.7 Å². The number of hydrogen-bond donors (Lipinski definition) is 1. The van der Waals surface area contributed by atoms with Crippen LogP contribution >= 0.6 is 0 Å². The van der Waals surface area contributed by atoms with Crippen molar-refractivity contribution in [3.8, 4) is 0 Å². The maximum atomic E-state index is 4.47. The molecule has 1 atom stereocenters. The van der Waals surface area contributed by atoms with Gasteiger partial charge in [0.05, 0.1) is 6.54 Å². The highest BCUT2D eigenvalue weighted by Crippen LogP contribution is 2.14. The smallest absolute Gasteiger partial charge is 0.194 e. The zero-order chi connectivity index (χ0) is 9.97. The molecule has 0 bridgehead atoms. The van der Waals surface area contributed by atoms with Crippen LogP contribution < -0.4 is 5.32 Å². The molecule has 80 valence electrons. The lowest BCUT2D eigenvalue weighted by Crippen LogP contribution is -2.50. The lowest BCUT2D eigenvalue weighted by Gasteiger charge is -2.37. The van der Waals surface area contributed by atoms with Crippen LogP contribution in [0.1, 0.15) is 12.8 Å². The summed E-state index contributed by atoms with van der Waals surface area (Å²) in [6.45, 7) is 4.24. The van der Waals surface area contributed by atoms with E-state index < -0.39 is 0 Å². The number of nitrogens with zero attached hydrogens (tertiary/aromatic N) is 3. The fourth-order valence-electron chi connectivity index (χ4n) is 2.17. The molecule has 1 saturated heterocycles. The van der Waals surface area contributed by atoms with E-state index in [-0.39, 0.29) is 0 Å². The van der Waals surface area contributed by atoms with Gasteiger partial charge < -0.3 is 15.1 Å². The van der Waals surface area contributed by atoms with E-state index >= 15 is 0 Å². The molecular weight excluding hydrogens is 176 g/mol. The van der Waals surface area contributed by atoms with Crippen molar-refractivity contribution >= 4 is 5.96 Å². The summed E-state index contributed by atoms with van der Waals surface area (Å²) in [5.41, 5.74) is 0. The second kappa shape index (κ2) is 4.17. The van der Waals surface area contributed by atoms with Crippen LogP contribution in [0, 0.1) is 0 Å². The molecule has 4 heteroatoms. The number of hydrogen-bond acceptors (Lipinski definition) is 4. The zero-order valence-corrected chi connectivity index (χ0v) is 9.16. The van der Waals surface area contributed by atoms with Gasteiger partial charge in [-0.25, -0.2) is 0 Å². The topological polar surface area (TPSA) is 30.9 Å². The molecule has 0 aromatic rings. The Morgan fingerprint density at radius 2 is 2.36 bits per heavy atom. The summed E-state index contributed by atoms with van der Waals surface area (Å²) in [5, 5.41) is 3.34. The minimum absolute atomic E-state index is 0.689. The van der Waals surface area contributed by atoms with E-state index in [0.29, 0.717) is 6.04 Å². The van der Waals surface area contributed by atoms with E-state index in [1.807, 2.05) is 0 Å². The van der Waals surface area contributed by atoms with Crippen molar-refractivity contribution in [3.63, 3.8) is 0 Å². The Morgan fingerprint density at radius 1 is 1.50 bits per heavy atom. The number of nitrogens with one attached hydrogen (secondary N) is 1. The first-order chi connectivity index (χ1) is 6.77. The van der Waals surface area contributed by atoms with Crippen molar-refractivity contribution in [3.05, 3.63) is 0 Å². The normalized spacial score (nSPS) is 27.8. The first-order valence-corrected chi connectivity index (χ1v) is 5.47. The van der Waals surface area contributed by atoms with Gasteiger partial charge in [-0.2, -0.15) is 0 Å². The van der Waals surface area contributed by atoms with E-state index in [1.54, 1.807) is 0 Å². The Morgan fingerprint density at radius 3 is 3.00 bits per heavy atom. The second-order valence-electron chi connectivity index (χ2n) is 4.34. The minimum atomic E-state index is 0.689. The summed E-state index contributed by atoms with van der Waals surface area (Å²) in [7, 11) is 4.33. The van der Waals surface area contributed by atoms with E-state index in [9.17, 15) is 0 Å². The molecule has 1 N–H and O–H groups in total. The molecule has 2 aliphatic rings. The quantitative estimate of drug-likeness (QED) is 0.639. The van der Waals surface area contributed by atoms with Crippen LogP contribution in [0.2, 0.25) is 0 Å². The third kappa shape index (κ3) is 2.00. The van der Waals surface area contributed by atoms with Gasteiger partial charge in [0.25, 0.3) is 0 Å². The molecule has 14 heavy (non-hydrogen) atoms. The number of piperidine rings is 1. The van der Waals surface area contributed by atoms with E-state index in [0.717, 1.165) is 32.1 Å². The van der Waals surface area contributed by atoms with E-state index in [2.05, 4.69) is 34.2 Å². The molecule has 4 nitrogen and oxygen atoms in total. The first-order valence-electron chi connectivity index (χ1n) is 5.47. The fourth-order valence-corrected chi connectivity index (χ4v) is 2.17. The van der Waals surface area contributed by atoms with Crippen LogP contribution in [-0.2, 0) is 0 Å². The predicted molar refractivity (Wildman–Crippen MR) is 58.6 cm³/mol. The van der Waals surface area contributed by atoms with Gasteiger partial charge in [0.15, 0.2) is 5.96 Å². The average molecular weight is 196 g/mol. The molecule has 0 spiro atoms. The number of likely N-dealkylation sites (tertiary alicyclic amines) is 1. The van der Waals surface area contributed by atoms with Crippen molar-refractivity contribution in [1.29, 1.82) is 0 Å². The molecule has 1 unspecified atom stereocenters. The highest BCUT2D eigenvalue weighted by Gasteiger charge is 2.24. The number of likely N-dealkylation sites (N-methyl/N-ethyl adjacent to an activating group) is 1. The molecule has 2 aliphatic heterocycles. The van der Waals surface area contributed by atoms with Crippen LogP contribution in [0.25, 0.3) is 0 Å². The molecule has 2 heterocycles. The van der Waals surface area contributed by atoms with Gasteiger partial charge in [-0.3, -0.25) is 4.99 Å². The third-order valence-corrected chi connectivity index (χ3v) is 3.08. The number of guanidine groups is 1. The van der Waals surface area contributed by atoms with Crippen LogP contribution in [-0.4, -0.2) is 62.1 Å². The molecule has 0 amide bonds. The lowest BCUT2D eigenvalue weighted by atomic mass is 10.1. The van der Waals surface area contributed by atoms with Crippen molar-refractivity contribution in [2.75, 3.05) is 40.3 Å². The third-order valence-electron chi connectivity index (χ3n) is 3.08. The Hall–Kier alpha value is -0.770. The lowest BCUT2D eigenvalue weighted by molar-refractivity contribution is 0.182. The van der Waals surface area contributed by atoms with Crippen LogP contribution in [0.4, 0.5) is 0 Å². The highest BCUT2D eigenvalue weighted by atomic mass is 15.3. The van der Waals surface area contributed by atoms with Gasteiger partial charge in [0.1, 0.15) is 0 Å². The Balaban J connectivity index is 1.93. The SMILES string of the molecule is CN(C)C1CCCN(C2=NCCN2)C1. The molecule has 0 aromatic carbocycles. The van der Waals surface area contributed by atoms with Crippen molar-refractivity contribution in [2.24, 2.45) is 4.99 Å². The number of rotatable bonds is 1. The molecule has 1 fully saturated rings. The Bertz CT molecular complexity index is 224. The first kappa shape index (κ1) is 9.77. The van der Waals surface area contributed by atoms with E-state index in [4.69, 9.17) is 0 Å². The highest BCUT2D eigenvalue weighted by molar-refractivity contribution is 5.81. The van der Waals surface area contributed by atoms with Crippen molar-refractivity contribution < 1.29 is 0 Å². The van der Waals surface area contributed by atoms with E-state index in [1.165, 1.54) is 12.8 Å². The fraction of sp³-hybridized carbons (Fsp3) is 0.900. The maximum absolute atomic E-state index is 4.47. The summed E-state index contributed by atoms with van der Waals surface area (Å²) in [6.07, 6.45) is 2.60. The Labute approximate surface area is 86.0 Å². The largest absolute Gasteiger partial charge is 0.354 e. The summed E-state index contributed by atoms with van der Waals surface area (Å²) in [6, 6.07) is 0.689.